The molecule has 0 saturated carbocycles. The second-order valence-electron chi connectivity index (χ2n) is 7.10. The summed E-state index contributed by atoms with van der Waals surface area (Å²) in [5.41, 5.74) is 2.34. The number of halogens is 1. The van der Waals surface area contributed by atoms with E-state index in [2.05, 4.69) is 20.9 Å². The zero-order valence-corrected chi connectivity index (χ0v) is 20.2. The lowest BCUT2D eigenvalue weighted by atomic mass is 9.96. The molecule has 0 N–H and O–H groups in total. The second kappa shape index (κ2) is 9.26. The van der Waals surface area contributed by atoms with Gasteiger partial charge in [-0.3, -0.25) is 9.36 Å². The molecule has 0 bridgehead atoms. The number of carbonyl (C=O) groups is 1. The molecule has 2 aromatic carbocycles. The number of rotatable bonds is 5. The summed E-state index contributed by atoms with van der Waals surface area (Å²) in [6.07, 6.45) is 1.81. The largest absolute Gasteiger partial charge is 0.497 e. The maximum atomic E-state index is 13.6. The highest BCUT2D eigenvalue weighted by Crippen LogP contribution is 2.30. The molecule has 0 spiro atoms. The number of thiazole rings is 1. The van der Waals surface area contributed by atoms with E-state index in [0.29, 0.717) is 26.4 Å². The summed E-state index contributed by atoms with van der Waals surface area (Å²) in [6.45, 7) is 3.77. The molecule has 0 fully saturated rings. The molecule has 1 aliphatic heterocycles. The molecule has 0 radical (unpaired) electrons. The number of hydrogen-bond acceptors (Lipinski definition) is 6. The number of fused-ring (bicyclic) bond motifs is 1. The van der Waals surface area contributed by atoms with E-state index >= 15 is 0 Å². The Morgan fingerprint density at radius 1 is 1.25 bits per heavy atom. The molecule has 1 atom stereocenters. The van der Waals surface area contributed by atoms with Gasteiger partial charge in [0.1, 0.15) is 5.75 Å². The second-order valence-corrected chi connectivity index (χ2v) is 8.96. The quantitative estimate of drug-likeness (QED) is 0.490. The van der Waals surface area contributed by atoms with E-state index in [0.717, 1.165) is 15.6 Å². The summed E-state index contributed by atoms with van der Waals surface area (Å²) >= 11 is 4.82. The van der Waals surface area contributed by atoms with E-state index in [1.54, 1.807) is 25.5 Å². The molecular formula is C24H21BrN2O4S. The van der Waals surface area contributed by atoms with E-state index in [-0.39, 0.29) is 12.2 Å². The molecule has 0 saturated heterocycles. The predicted molar refractivity (Wildman–Crippen MR) is 128 cm³/mol. The van der Waals surface area contributed by atoms with Crippen LogP contribution in [0.3, 0.4) is 0 Å². The van der Waals surface area contributed by atoms with Crippen molar-refractivity contribution in [2.24, 2.45) is 4.99 Å². The minimum absolute atomic E-state index is 0.216. The van der Waals surface area contributed by atoms with Gasteiger partial charge < -0.3 is 9.47 Å². The molecule has 4 rings (SSSR count). The van der Waals surface area contributed by atoms with Crippen molar-refractivity contribution < 1.29 is 14.3 Å². The maximum Gasteiger partial charge on any atom is 0.338 e. The van der Waals surface area contributed by atoms with Crippen molar-refractivity contribution in [3.05, 3.63) is 95.1 Å². The lowest BCUT2D eigenvalue weighted by Crippen LogP contribution is -2.39. The third kappa shape index (κ3) is 4.08. The van der Waals surface area contributed by atoms with Gasteiger partial charge in [-0.1, -0.05) is 57.6 Å². The first-order valence-corrected chi connectivity index (χ1v) is 11.6. The van der Waals surface area contributed by atoms with E-state index < -0.39 is 12.0 Å². The Kier molecular flexibility index (Phi) is 6.43. The fraction of sp³-hybridized carbons (Fsp3) is 0.208. The molecule has 3 aromatic rings. The number of allylic oxidation sites excluding steroid dienone is 1. The fourth-order valence-electron chi connectivity index (χ4n) is 3.64. The van der Waals surface area contributed by atoms with Crippen LogP contribution in [0.5, 0.6) is 5.75 Å². The Bertz CT molecular complexity index is 1390. The van der Waals surface area contributed by atoms with Crippen LogP contribution < -0.4 is 19.6 Å². The molecule has 2 heterocycles. The molecule has 1 aliphatic rings. The fourth-order valence-corrected chi connectivity index (χ4v) is 5.04. The van der Waals surface area contributed by atoms with Gasteiger partial charge in [0.2, 0.25) is 0 Å². The highest BCUT2D eigenvalue weighted by molar-refractivity contribution is 9.10. The van der Waals surface area contributed by atoms with Crippen molar-refractivity contribution in [1.82, 2.24) is 4.57 Å². The van der Waals surface area contributed by atoms with Crippen molar-refractivity contribution in [2.75, 3.05) is 13.7 Å². The Balaban J connectivity index is 1.96. The number of methoxy groups -OCH3 is 1. The summed E-state index contributed by atoms with van der Waals surface area (Å²) in [5, 5.41) is 0. The molecular weight excluding hydrogens is 492 g/mol. The maximum absolute atomic E-state index is 13.6. The SMILES string of the molecule is CCOC(=O)C1=C(C)N=c2s/c(=C\c3cc(OC)ccc3Br)c(=O)n2[C@@H]1c1ccccc1. The lowest BCUT2D eigenvalue weighted by molar-refractivity contribution is -0.139. The molecule has 0 aliphatic carbocycles. The van der Waals surface area contributed by atoms with Crippen LogP contribution in [0.2, 0.25) is 0 Å². The Labute approximate surface area is 197 Å². The number of esters is 1. The molecule has 0 amide bonds. The first kappa shape index (κ1) is 22.2. The number of aromatic nitrogens is 1. The first-order chi connectivity index (χ1) is 15.4. The number of carbonyl (C=O) groups excluding carboxylic acids is 1. The van der Waals surface area contributed by atoms with Crippen LogP contribution >= 0.6 is 27.3 Å². The van der Waals surface area contributed by atoms with Gasteiger partial charge in [-0.05, 0) is 49.2 Å². The van der Waals surface area contributed by atoms with Crippen molar-refractivity contribution in [2.45, 2.75) is 19.9 Å². The topological polar surface area (TPSA) is 69.9 Å². The van der Waals surface area contributed by atoms with E-state index in [1.807, 2.05) is 54.6 Å². The smallest absolute Gasteiger partial charge is 0.338 e. The lowest BCUT2D eigenvalue weighted by Gasteiger charge is -2.24. The predicted octanol–water partition coefficient (Wildman–Crippen LogP) is 3.57. The number of hydrogen-bond donors (Lipinski definition) is 0. The van der Waals surface area contributed by atoms with Gasteiger partial charge in [0.05, 0.1) is 35.6 Å². The summed E-state index contributed by atoms with van der Waals surface area (Å²) in [6, 6.07) is 14.4. The van der Waals surface area contributed by atoms with Gasteiger partial charge in [-0.15, -0.1) is 0 Å². The minimum Gasteiger partial charge on any atom is -0.497 e. The highest BCUT2D eigenvalue weighted by atomic mass is 79.9. The van der Waals surface area contributed by atoms with Gasteiger partial charge in [0.15, 0.2) is 4.80 Å². The van der Waals surface area contributed by atoms with Crippen LogP contribution in [-0.4, -0.2) is 24.3 Å². The molecule has 0 unspecified atom stereocenters. The van der Waals surface area contributed by atoms with Crippen molar-refractivity contribution >= 4 is 39.3 Å². The van der Waals surface area contributed by atoms with Crippen LogP contribution in [0.4, 0.5) is 0 Å². The normalized spacial score (nSPS) is 15.9. The summed E-state index contributed by atoms with van der Waals surface area (Å²) < 4.78 is 13.6. The monoisotopic (exact) mass is 512 g/mol. The van der Waals surface area contributed by atoms with Crippen LogP contribution in [0.25, 0.3) is 6.08 Å². The Morgan fingerprint density at radius 2 is 2.00 bits per heavy atom. The van der Waals surface area contributed by atoms with Crippen LogP contribution in [0.15, 0.2) is 74.1 Å². The van der Waals surface area contributed by atoms with Gasteiger partial charge >= 0.3 is 5.97 Å². The van der Waals surface area contributed by atoms with E-state index in [4.69, 9.17) is 9.47 Å². The molecule has 8 heteroatoms. The number of nitrogens with zero attached hydrogens (tertiary/aromatic N) is 2. The van der Waals surface area contributed by atoms with Crippen LogP contribution in [0.1, 0.15) is 31.0 Å². The molecule has 32 heavy (non-hydrogen) atoms. The van der Waals surface area contributed by atoms with E-state index in [1.165, 1.54) is 11.3 Å². The summed E-state index contributed by atoms with van der Waals surface area (Å²) in [5.74, 6) is 0.224. The van der Waals surface area contributed by atoms with Crippen LogP contribution in [-0.2, 0) is 9.53 Å². The zero-order chi connectivity index (χ0) is 22.8. The molecule has 164 valence electrons. The summed E-state index contributed by atoms with van der Waals surface area (Å²) in [4.78, 5) is 31.5. The average Bonchev–Trinajstić information content (AvgIpc) is 3.09. The number of benzene rings is 2. The standard InChI is InChI=1S/C24H21BrN2O4S/c1-4-31-23(29)20-14(2)26-24-27(21(20)15-8-6-5-7-9-15)22(28)19(32-24)13-16-12-17(30-3)10-11-18(16)25/h5-13,21H,4H2,1-3H3/b19-13-/t21-/m1/s1. The highest BCUT2D eigenvalue weighted by Gasteiger charge is 2.33. The molecule has 1 aromatic heterocycles. The van der Waals surface area contributed by atoms with Crippen molar-refractivity contribution in [3.63, 3.8) is 0 Å². The Hall–Kier alpha value is -2.97. The van der Waals surface area contributed by atoms with Gasteiger partial charge in [-0.2, -0.15) is 0 Å². The third-order valence-corrected chi connectivity index (χ3v) is 6.83. The van der Waals surface area contributed by atoms with E-state index in [9.17, 15) is 9.59 Å². The minimum atomic E-state index is -0.609. The third-order valence-electron chi connectivity index (χ3n) is 5.12. The van der Waals surface area contributed by atoms with Gasteiger partial charge in [-0.25, -0.2) is 9.79 Å². The van der Waals surface area contributed by atoms with Gasteiger partial charge in [0, 0.05) is 4.47 Å². The Morgan fingerprint density at radius 3 is 2.69 bits per heavy atom. The van der Waals surface area contributed by atoms with Crippen LogP contribution in [0, 0.1) is 0 Å². The van der Waals surface area contributed by atoms with Crippen molar-refractivity contribution in [1.29, 1.82) is 0 Å². The number of ether oxygens (including phenoxy) is 2. The van der Waals surface area contributed by atoms with Gasteiger partial charge in [0.25, 0.3) is 5.56 Å². The molecule has 6 nitrogen and oxygen atoms in total. The zero-order valence-electron chi connectivity index (χ0n) is 17.8. The summed E-state index contributed by atoms with van der Waals surface area (Å²) in [7, 11) is 1.60. The first-order valence-electron chi connectivity index (χ1n) is 10.0. The van der Waals surface area contributed by atoms with Crippen molar-refractivity contribution in [3.8, 4) is 5.75 Å². The average molecular weight is 513 g/mol.